The Bertz CT molecular complexity index is 1060. The predicted molar refractivity (Wildman–Crippen MR) is 99.3 cm³/mol. The van der Waals surface area contributed by atoms with Crippen LogP contribution in [0.15, 0.2) is 23.1 Å². The zero-order valence-electron chi connectivity index (χ0n) is 15.5. The Labute approximate surface area is 157 Å². The number of aryl methyl sites for hydroxylation is 1. The van der Waals surface area contributed by atoms with Crippen molar-refractivity contribution in [2.24, 2.45) is 12.2 Å². The summed E-state index contributed by atoms with van der Waals surface area (Å²) in [5, 5.41) is 12.2. The van der Waals surface area contributed by atoms with E-state index in [1.54, 1.807) is 24.1 Å². The maximum absolute atomic E-state index is 12.7. The van der Waals surface area contributed by atoms with Crippen LogP contribution < -0.4 is 10.5 Å². The van der Waals surface area contributed by atoms with Crippen LogP contribution in [-0.2, 0) is 28.4 Å². The van der Waals surface area contributed by atoms with E-state index in [-0.39, 0.29) is 28.3 Å². The van der Waals surface area contributed by atoms with Crippen LogP contribution >= 0.6 is 0 Å². The molecule has 1 aromatic carbocycles. The van der Waals surface area contributed by atoms with Gasteiger partial charge in [-0.3, -0.25) is 14.3 Å². The van der Waals surface area contributed by atoms with E-state index in [2.05, 4.69) is 10.4 Å². The van der Waals surface area contributed by atoms with E-state index in [0.29, 0.717) is 29.2 Å². The maximum Gasteiger partial charge on any atom is 0.256 e. The Morgan fingerprint density at radius 3 is 2.52 bits per heavy atom. The number of hydrogen-bond donors (Lipinski definition) is 2. The van der Waals surface area contributed by atoms with Crippen LogP contribution in [0.4, 0.5) is 5.82 Å². The van der Waals surface area contributed by atoms with E-state index in [9.17, 15) is 18.0 Å². The van der Waals surface area contributed by atoms with Gasteiger partial charge in [-0.15, -0.1) is 0 Å². The number of benzene rings is 1. The summed E-state index contributed by atoms with van der Waals surface area (Å²) >= 11 is 0. The number of carbonyl (C=O) groups excluding carboxylic acids is 2. The molecule has 0 spiro atoms. The summed E-state index contributed by atoms with van der Waals surface area (Å²) in [7, 11) is -2.44. The summed E-state index contributed by atoms with van der Waals surface area (Å²) in [5.74, 6) is -0.269. The second kappa shape index (κ2) is 6.46. The van der Waals surface area contributed by atoms with Gasteiger partial charge in [-0.2, -0.15) is 5.10 Å². The Morgan fingerprint density at radius 1 is 1.30 bits per heavy atom. The quantitative estimate of drug-likeness (QED) is 0.805. The number of hydrogen-bond acceptors (Lipinski definition) is 5. The second-order valence-electron chi connectivity index (χ2n) is 6.80. The number of nitrogens with one attached hydrogen (secondary N) is 1. The maximum atomic E-state index is 12.7. The van der Waals surface area contributed by atoms with Crippen LogP contribution in [0.25, 0.3) is 11.3 Å². The van der Waals surface area contributed by atoms with Crippen molar-refractivity contribution in [3.05, 3.63) is 29.3 Å². The molecule has 0 saturated heterocycles. The molecule has 2 heterocycles. The van der Waals surface area contributed by atoms with Gasteiger partial charge >= 0.3 is 0 Å². The number of primary sulfonamides is 1. The number of aromatic nitrogens is 2. The number of sulfonamides is 1. The first-order valence-electron chi connectivity index (χ1n) is 8.31. The average Bonchev–Trinajstić information content (AvgIpc) is 3.05. The summed E-state index contributed by atoms with van der Waals surface area (Å²) in [6.07, 6.45) is 0. The van der Waals surface area contributed by atoms with E-state index >= 15 is 0 Å². The molecule has 0 saturated carbocycles. The molecule has 0 radical (unpaired) electrons. The van der Waals surface area contributed by atoms with E-state index in [4.69, 9.17) is 5.14 Å². The predicted octanol–water partition coefficient (Wildman–Crippen LogP) is 1.06. The Balaban J connectivity index is 2.19. The first kappa shape index (κ1) is 19.1. The van der Waals surface area contributed by atoms with E-state index < -0.39 is 10.0 Å². The van der Waals surface area contributed by atoms with E-state index in [1.165, 1.54) is 17.7 Å². The number of carbonyl (C=O) groups is 2. The minimum atomic E-state index is -4.11. The summed E-state index contributed by atoms with van der Waals surface area (Å²) in [6.45, 7) is 5.40. The van der Waals surface area contributed by atoms with Gasteiger partial charge in [-0.05, 0) is 31.5 Å². The summed E-state index contributed by atoms with van der Waals surface area (Å²) in [5.41, 5.74) is 1.85. The van der Waals surface area contributed by atoms with Crippen molar-refractivity contribution in [3.8, 4) is 11.3 Å². The van der Waals surface area contributed by atoms with Crippen molar-refractivity contribution < 1.29 is 18.0 Å². The van der Waals surface area contributed by atoms with Crippen LogP contribution in [0.1, 0.15) is 36.7 Å². The van der Waals surface area contributed by atoms with Crippen LogP contribution in [-0.4, -0.2) is 41.0 Å². The molecule has 3 N–H and O–H groups in total. The highest BCUT2D eigenvalue weighted by Crippen LogP contribution is 2.35. The number of rotatable bonds is 4. The molecule has 10 heteroatoms. The van der Waals surface area contributed by atoms with Gasteiger partial charge in [0.1, 0.15) is 0 Å². The number of anilines is 1. The number of nitrogens with two attached hydrogens (primary N) is 1. The standard InChI is InChI=1S/C17H21N5O4S/c1-9(2)22-8-12-5-11(6-14(27(18,25)26)16(12)17(22)24)13-7-15(19-10(3)23)20-21(13)4/h5-7,9H,8H2,1-4H3,(H2,18,25,26)(H,19,20,23). The van der Waals surface area contributed by atoms with Gasteiger partial charge in [0.05, 0.1) is 16.2 Å². The first-order chi connectivity index (χ1) is 12.5. The second-order valence-corrected chi connectivity index (χ2v) is 8.33. The molecule has 1 aromatic heterocycles. The van der Waals surface area contributed by atoms with Gasteiger partial charge in [0.25, 0.3) is 5.91 Å². The fourth-order valence-electron chi connectivity index (χ4n) is 3.21. The summed E-state index contributed by atoms with van der Waals surface area (Å²) in [4.78, 5) is 25.3. The van der Waals surface area contributed by atoms with Gasteiger partial charge in [0.15, 0.2) is 5.82 Å². The smallest absolute Gasteiger partial charge is 0.256 e. The van der Waals surface area contributed by atoms with Crippen LogP contribution in [0.3, 0.4) is 0 Å². The third-order valence-corrected chi connectivity index (χ3v) is 5.34. The molecule has 0 unspecified atom stereocenters. The molecule has 0 fully saturated rings. The lowest BCUT2D eigenvalue weighted by molar-refractivity contribution is -0.114. The minimum Gasteiger partial charge on any atom is -0.332 e. The van der Waals surface area contributed by atoms with Crippen LogP contribution in [0.5, 0.6) is 0 Å². The molecule has 3 rings (SSSR count). The highest BCUT2D eigenvalue weighted by molar-refractivity contribution is 7.89. The topological polar surface area (TPSA) is 127 Å². The molecule has 1 aliphatic rings. The zero-order valence-corrected chi connectivity index (χ0v) is 16.3. The Hall–Kier alpha value is -2.72. The minimum absolute atomic E-state index is 0.0789. The molecule has 0 atom stereocenters. The SMILES string of the molecule is CC(=O)Nc1cc(-c2cc3c(c(S(N)(=O)=O)c2)C(=O)N(C(C)C)C3)n(C)n1. The van der Waals surface area contributed by atoms with Crippen LogP contribution in [0, 0.1) is 0 Å². The van der Waals surface area contributed by atoms with E-state index in [0.717, 1.165) is 0 Å². The number of nitrogens with zero attached hydrogens (tertiary/aromatic N) is 3. The third kappa shape index (κ3) is 3.45. The zero-order chi connectivity index (χ0) is 20.1. The highest BCUT2D eigenvalue weighted by Gasteiger charge is 2.35. The molecule has 0 aliphatic carbocycles. The van der Waals surface area contributed by atoms with Crippen molar-refractivity contribution in [2.45, 2.75) is 38.3 Å². The molecule has 0 bridgehead atoms. The van der Waals surface area contributed by atoms with Crippen molar-refractivity contribution in [2.75, 3.05) is 5.32 Å². The fourth-order valence-corrected chi connectivity index (χ4v) is 4.00. The van der Waals surface area contributed by atoms with Crippen molar-refractivity contribution in [1.82, 2.24) is 14.7 Å². The number of amides is 2. The lowest BCUT2D eigenvalue weighted by Crippen LogP contribution is -2.31. The Morgan fingerprint density at radius 2 is 1.96 bits per heavy atom. The first-order valence-corrected chi connectivity index (χ1v) is 9.86. The lowest BCUT2D eigenvalue weighted by atomic mass is 10.0. The van der Waals surface area contributed by atoms with Gasteiger partial charge in [-0.1, -0.05) is 0 Å². The van der Waals surface area contributed by atoms with E-state index in [1.807, 2.05) is 13.8 Å². The molecule has 2 aromatic rings. The molecule has 1 aliphatic heterocycles. The molecule has 27 heavy (non-hydrogen) atoms. The van der Waals surface area contributed by atoms with Crippen molar-refractivity contribution >= 4 is 27.7 Å². The van der Waals surface area contributed by atoms with Crippen molar-refractivity contribution in [3.63, 3.8) is 0 Å². The van der Waals surface area contributed by atoms with Gasteiger partial charge < -0.3 is 10.2 Å². The molecule has 144 valence electrons. The van der Waals surface area contributed by atoms with Gasteiger partial charge in [0, 0.05) is 38.2 Å². The van der Waals surface area contributed by atoms with Crippen LogP contribution in [0.2, 0.25) is 0 Å². The highest BCUT2D eigenvalue weighted by atomic mass is 32.2. The molecule has 2 amide bonds. The molecule has 9 nitrogen and oxygen atoms in total. The van der Waals surface area contributed by atoms with Gasteiger partial charge in [0.2, 0.25) is 15.9 Å². The molecular weight excluding hydrogens is 370 g/mol. The summed E-state index contributed by atoms with van der Waals surface area (Å²) in [6, 6.07) is 4.70. The fraction of sp³-hybridized carbons (Fsp3) is 0.353. The number of fused-ring (bicyclic) bond motifs is 1. The molecular formula is C17H21N5O4S. The lowest BCUT2D eigenvalue weighted by Gasteiger charge is -2.19. The normalized spacial score (nSPS) is 14.0. The largest absolute Gasteiger partial charge is 0.332 e. The Kier molecular flexibility index (Phi) is 4.56. The monoisotopic (exact) mass is 391 g/mol. The third-order valence-electron chi connectivity index (χ3n) is 4.41. The summed E-state index contributed by atoms with van der Waals surface area (Å²) < 4.78 is 25.8. The van der Waals surface area contributed by atoms with Crippen molar-refractivity contribution in [1.29, 1.82) is 0 Å². The average molecular weight is 391 g/mol. The van der Waals surface area contributed by atoms with Gasteiger partial charge in [-0.25, -0.2) is 13.6 Å².